The van der Waals surface area contributed by atoms with E-state index in [-0.39, 0.29) is 40.5 Å². The van der Waals surface area contributed by atoms with Gasteiger partial charge in [0.25, 0.3) is 5.91 Å². The Labute approximate surface area is 231 Å². The quantitative estimate of drug-likeness (QED) is 0.0990. The summed E-state index contributed by atoms with van der Waals surface area (Å²) in [5, 5.41) is 29.9. The maximum absolute atomic E-state index is 13.1. The lowest BCUT2D eigenvalue weighted by Crippen LogP contribution is -2.74. The fraction of sp³-hybridized carbons (Fsp3) is 0.619. The van der Waals surface area contributed by atoms with Crippen LogP contribution in [0.15, 0.2) is 15.7 Å². The first-order valence-corrected chi connectivity index (χ1v) is 14.9. The van der Waals surface area contributed by atoms with Gasteiger partial charge in [-0.3, -0.25) is 14.4 Å². The smallest absolute Gasteiger partial charge is 0.313 e. The number of amides is 2. The largest absolute Gasteiger partial charge is 0.481 e. The molecule has 2 unspecified atom stereocenters. The Morgan fingerprint density at radius 2 is 2.21 bits per heavy atom. The van der Waals surface area contributed by atoms with Gasteiger partial charge in [0.05, 0.1) is 0 Å². The van der Waals surface area contributed by atoms with E-state index in [1.54, 1.807) is 12.4 Å². The van der Waals surface area contributed by atoms with Crippen molar-refractivity contribution in [2.24, 2.45) is 17.6 Å². The van der Waals surface area contributed by atoms with Gasteiger partial charge in [-0.2, -0.15) is 0 Å². The molecule has 0 aromatic carbocycles. The monoisotopic (exact) mass is 583 g/mol. The van der Waals surface area contributed by atoms with E-state index in [0.717, 1.165) is 37.0 Å². The van der Waals surface area contributed by atoms with Crippen molar-refractivity contribution >= 4 is 63.5 Å². The molecule has 14 nitrogen and oxygen atoms in total. The number of carbonyl (C=O) groups is 3. The predicted octanol–water partition coefficient (Wildman–Crippen LogP) is 0.813. The maximum atomic E-state index is 13.1. The van der Waals surface area contributed by atoms with Crippen LogP contribution in [-0.2, 0) is 26.3 Å². The van der Waals surface area contributed by atoms with Crippen molar-refractivity contribution in [2.45, 2.75) is 49.2 Å². The number of aryl methyl sites for hydroxylation is 1. The predicted molar refractivity (Wildman–Crippen MR) is 143 cm³/mol. The number of unbranched alkanes of at least 4 members (excludes halogenated alkanes) is 3. The van der Waals surface area contributed by atoms with Crippen LogP contribution < -0.4 is 11.1 Å². The molecule has 2 amide bonds. The second-order valence-corrected chi connectivity index (χ2v) is 11.9. The van der Waals surface area contributed by atoms with Crippen molar-refractivity contribution < 1.29 is 24.3 Å². The van der Waals surface area contributed by atoms with Gasteiger partial charge in [0.2, 0.25) is 11.1 Å². The van der Waals surface area contributed by atoms with E-state index in [4.69, 9.17) is 10.6 Å². The zero-order valence-corrected chi connectivity index (χ0v) is 23.4. The van der Waals surface area contributed by atoms with Crippen molar-refractivity contribution in [3.05, 3.63) is 11.1 Å². The molecule has 2 aromatic rings. The normalized spacial score (nSPS) is 23.1. The third-order valence-electron chi connectivity index (χ3n) is 6.17. The summed E-state index contributed by atoms with van der Waals surface area (Å²) in [5.41, 5.74) is 4.76. The van der Waals surface area contributed by atoms with Crippen LogP contribution in [0.2, 0.25) is 0 Å². The summed E-state index contributed by atoms with van der Waals surface area (Å²) in [5.74, 6) is -1.52. The number of aromatic nitrogens is 5. The van der Waals surface area contributed by atoms with Gasteiger partial charge in [-0.1, -0.05) is 36.7 Å². The molecule has 2 saturated heterocycles. The Balaban J connectivity index is 1.39. The summed E-state index contributed by atoms with van der Waals surface area (Å²) in [6.45, 7) is 2.48. The minimum atomic E-state index is -1.18. The van der Waals surface area contributed by atoms with Crippen LogP contribution in [0.1, 0.15) is 38.3 Å². The molecule has 2 fully saturated rings. The first-order chi connectivity index (χ1) is 18.3. The number of anilines is 1. The fourth-order valence-corrected chi connectivity index (χ4v) is 7.22. The number of hydrogen-bond acceptors (Lipinski definition) is 13. The number of nitrogens with one attached hydrogen (secondary N) is 1. The molecule has 206 valence electrons. The maximum Gasteiger partial charge on any atom is 0.313 e. The number of oxime groups is 1. The lowest BCUT2D eigenvalue weighted by atomic mass is 9.89. The van der Waals surface area contributed by atoms with Gasteiger partial charge in [0, 0.05) is 30.5 Å². The molecule has 0 spiro atoms. The minimum Gasteiger partial charge on any atom is -0.481 e. The molecule has 17 heteroatoms. The SMILES string of the molecule is CCCCCCON=C(C(=O)NC1C(=O)N2CC(CSc3nnnn3C)(C(=O)O)CS[C@H]12)c1csc(N)n1. The number of nitrogen functional groups attached to an aromatic ring is 1. The van der Waals surface area contributed by atoms with Gasteiger partial charge in [-0.05, 0) is 23.3 Å². The van der Waals surface area contributed by atoms with E-state index in [2.05, 4.69) is 37.9 Å². The number of β-lactam (4-membered cyclic amide) rings is 1. The Morgan fingerprint density at radius 1 is 1.39 bits per heavy atom. The molecule has 3 atom stereocenters. The number of hydrogen-bond donors (Lipinski definition) is 3. The number of carboxylic acid groups (broad SMARTS) is 1. The highest BCUT2D eigenvalue weighted by Crippen LogP contribution is 2.44. The summed E-state index contributed by atoms with van der Waals surface area (Å²) in [6.07, 6.45) is 3.97. The number of aliphatic carboxylic acids is 1. The van der Waals surface area contributed by atoms with Gasteiger partial charge in [0.15, 0.2) is 10.8 Å². The Bertz CT molecular complexity index is 1200. The highest BCUT2D eigenvalue weighted by atomic mass is 32.2. The summed E-state index contributed by atoms with van der Waals surface area (Å²) < 4.78 is 1.46. The molecule has 0 bridgehead atoms. The number of nitrogens with two attached hydrogens (primary N) is 1. The third-order valence-corrected chi connectivity index (χ3v) is 9.73. The average molecular weight is 584 g/mol. The van der Waals surface area contributed by atoms with E-state index in [1.165, 1.54) is 33.1 Å². The van der Waals surface area contributed by atoms with Gasteiger partial charge in [0.1, 0.15) is 29.1 Å². The van der Waals surface area contributed by atoms with Gasteiger partial charge >= 0.3 is 5.97 Å². The molecule has 4 rings (SSSR count). The molecular formula is C21H29N9O5S3. The lowest BCUT2D eigenvalue weighted by molar-refractivity contribution is -0.157. The minimum absolute atomic E-state index is 0.0217. The summed E-state index contributed by atoms with van der Waals surface area (Å²) in [6, 6.07) is -0.819. The molecular weight excluding hydrogens is 554 g/mol. The third kappa shape index (κ3) is 6.04. The molecule has 0 radical (unpaired) electrons. The standard InChI is InChI=1S/C21H29N9O5S3/c1-3-4-5-6-7-35-26-13(12-8-36-19(22)23-12)15(31)24-14-16(32)30-9-21(18(33)34,10-37-17(14)30)11-38-20-25-27-28-29(20)2/h8,14,17H,3-7,9-11H2,1-2H3,(H2,22,23)(H,24,31)(H,33,34)/t14?,17-,21?/m1/s1. The second-order valence-electron chi connectivity index (χ2n) is 8.98. The fourth-order valence-electron chi connectivity index (χ4n) is 3.97. The van der Waals surface area contributed by atoms with Crippen LogP contribution in [-0.4, -0.2) is 94.8 Å². The molecule has 2 aromatic heterocycles. The number of carboxylic acids is 1. The Kier molecular flexibility index (Phi) is 9.09. The average Bonchev–Trinajstić information content (AvgIpc) is 3.52. The van der Waals surface area contributed by atoms with Gasteiger partial charge in [-0.25, -0.2) is 9.67 Å². The number of nitrogens with zero attached hydrogens (tertiary/aromatic N) is 7. The van der Waals surface area contributed by atoms with Crippen LogP contribution >= 0.6 is 34.9 Å². The number of thioether (sulfide) groups is 2. The molecule has 4 N–H and O–H groups in total. The van der Waals surface area contributed by atoms with E-state index in [1.807, 2.05) is 0 Å². The van der Waals surface area contributed by atoms with E-state index in [9.17, 15) is 19.5 Å². The Hall–Kier alpha value is -2.92. The number of tetrazole rings is 1. The van der Waals surface area contributed by atoms with Gasteiger partial charge in [-0.15, -0.1) is 28.2 Å². The number of fused-ring (bicyclic) bond motifs is 1. The molecule has 0 aliphatic carbocycles. The number of carbonyl (C=O) groups excluding carboxylic acids is 2. The summed E-state index contributed by atoms with van der Waals surface area (Å²) in [4.78, 5) is 49.4. The van der Waals surface area contributed by atoms with Crippen LogP contribution in [0.5, 0.6) is 0 Å². The first kappa shape index (κ1) is 28.1. The Morgan fingerprint density at radius 3 is 2.87 bits per heavy atom. The van der Waals surface area contributed by atoms with Crippen molar-refractivity contribution in [3.8, 4) is 0 Å². The van der Waals surface area contributed by atoms with Crippen LogP contribution in [0.4, 0.5) is 5.13 Å². The molecule has 4 heterocycles. The first-order valence-electron chi connectivity index (χ1n) is 12.0. The van der Waals surface area contributed by atoms with Crippen molar-refractivity contribution in [1.29, 1.82) is 0 Å². The molecule has 38 heavy (non-hydrogen) atoms. The van der Waals surface area contributed by atoms with E-state index < -0.39 is 28.7 Å². The molecule has 2 aliphatic rings. The highest BCUT2D eigenvalue weighted by Gasteiger charge is 2.57. The van der Waals surface area contributed by atoms with Crippen molar-refractivity contribution in [3.63, 3.8) is 0 Å². The van der Waals surface area contributed by atoms with Crippen LogP contribution in [0, 0.1) is 5.41 Å². The van der Waals surface area contributed by atoms with Gasteiger partial charge < -0.3 is 25.9 Å². The summed E-state index contributed by atoms with van der Waals surface area (Å²) in [7, 11) is 1.67. The lowest BCUT2D eigenvalue weighted by Gasteiger charge is -2.53. The van der Waals surface area contributed by atoms with E-state index in [0.29, 0.717) is 11.8 Å². The zero-order valence-electron chi connectivity index (χ0n) is 20.9. The number of thiazole rings is 1. The topological polar surface area (TPSA) is 191 Å². The van der Waals surface area contributed by atoms with Crippen molar-refractivity contribution in [1.82, 2.24) is 35.4 Å². The van der Waals surface area contributed by atoms with Crippen molar-refractivity contribution in [2.75, 3.05) is 30.4 Å². The second kappa shape index (κ2) is 12.3. The summed E-state index contributed by atoms with van der Waals surface area (Å²) >= 11 is 3.71. The zero-order chi connectivity index (χ0) is 27.3. The molecule has 2 aliphatic heterocycles. The van der Waals surface area contributed by atoms with Crippen LogP contribution in [0.3, 0.4) is 0 Å². The van der Waals surface area contributed by atoms with Crippen LogP contribution in [0.25, 0.3) is 0 Å². The molecule has 0 saturated carbocycles. The highest BCUT2D eigenvalue weighted by molar-refractivity contribution is 8.00. The van der Waals surface area contributed by atoms with E-state index >= 15 is 0 Å². The number of rotatable bonds is 13.